The second-order valence-corrected chi connectivity index (χ2v) is 4.28. The average molecular weight is 321 g/mol. The van der Waals surface area contributed by atoms with Gasteiger partial charge in [-0.05, 0) is 18.2 Å². The van der Waals surface area contributed by atoms with E-state index in [0.29, 0.717) is 6.07 Å². The third kappa shape index (κ3) is 4.85. The molecule has 0 heterocycles. The standard InChI is InChI=1S/C13H9F6N3/c14-12(15,16)3-5-22(6-4-20)10-2-1-9(8-21)11(7-10)13(17,18)19/h1-2,7H,3,5-6H2. The summed E-state index contributed by atoms with van der Waals surface area (Å²) in [4.78, 5) is 0.879. The van der Waals surface area contributed by atoms with Crippen LogP contribution < -0.4 is 4.90 Å². The normalized spacial score (nSPS) is 11.6. The van der Waals surface area contributed by atoms with Crippen LogP contribution in [-0.2, 0) is 6.18 Å². The summed E-state index contributed by atoms with van der Waals surface area (Å²) >= 11 is 0. The SMILES string of the molecule is N#CCN(CCC(F)(F)F)c1ccc(C#N)c(C(F)(F)F)c1. The Kier molecular flexibility index (Phi) is 5.26. The van der Waals surface area contributed by atoms with Gasteiger partial charge in [0.15, 0.2) is 0 Å². The molecule has 9 heteroatoms. The molecule has 0 aliphatic rings. The molecule has 118 valence electrons. The van der Waals surface area contributed by atoms with Crippen LogP contribution in [0.3, 0.4) is 0 Å². The van der Waals surface area contributed by atoms with E-state index >= 15 is 0 Å². The molecule has 0 saturated heterocycles. The summed E-state index contributed by atoms with van der Waals surface area (Å²) in [6.45, 7) is -1.15. The maximum atomic E-state index is 12.8. The molecule has 0 aromatic heterocycles. The topological polar surface area (TPSA) is 50.8 Å². The van der Waals surface area contributed by atoms with Crippen molar-refractivity contribution in [2.75, 3.05) is 18.0 Å². The Bertz CT molecular complexity index is 606. The molecule has 0 amide bonds. The van der Waals surface area contributed by atoms with Gasteiger partial charge < -0.3 is 4.90 Å². The third-order valence-corrected chi connectivity index (χ3v) is 2.72. The lowest BCUT2D eigenvalue weighted by atomic mass is 10.1. The van der Waals surface area contributed by atoms with Gasteiger partial charge in [-0.25, -0.2) is 0 Å². The fourth-order valence-electron chi connectivity index (χ4n) is 1.71. The number of anilines is 1. The summed E-state index contributed by atoms with van der Waals surface area (Å²) in [6, 6.07) is 5.51. The lowest BCUT2D eigenvalue weighted by Gasteiger charge is -2.23. The van der Waals surface area contributed by atoms with Crippen LogP contribution in [0.15, 0.2) is 18.2 Å². The van der Waals surface area contributed by atoms with Gasteiger partial charge in [0.25, 0.3) is 0 Å². The van der Waals surface area contributed by atoms with Crippen molar-refractivity contribution in [2.24, 2.45) is 0 Å². The molecule has 0 atom stereocenters. The Morgan fingerprint density at radius 1 is 1.05 bits per heavy atom. The van der Waals surface area contributed by atoms with E-state index in [4.69, 9.17) is 10.5 Å². The molecule has 1 aromatic carbocycles. The van der Waals surface area contributed by atoms with Gasteiger partial charge in [0, 0.05) is 12.2 Å². The number of rotatable bonds is 4. The smallest absolute Gasteiger partial charge is 0.358 e. The largest absolute Gasteiger partial charge is 0.417 e. The van der Waals surface area contributed by atoms with E-state index in [1.54, 1.807) is 6.07 Å². The Morgan fingerprint density at radius 3 is 2.14 bits per heavy atom. The zero-order chi connectivity index (χ0) is 17.0. The van der Waals surface area contributed by atoms with Crippen LogP contribution in [0.25, 0.3) is 0 Å². The molecule has 1 rings (SSSR count). The third-order valence-electron chi connectivity index (χ3n) is 2.72. The second-order valence-electron chi connectivity index (χ2n) is 4.28. The number of halogens is 6. The van der Waals surface area contributed by atoms with Crippen LogP contribution >= 0.6 is 0 Å². The first-order valence-electron chi connectivity index (χ1n) is 5.88. The van der Waals surface area contributed by atoms with Gasteiger partial charge in [-0.1, -0.05) is 0 Å². The van der Waals surface area contributed by atoms with Crippen LogP contribution in [0.5, 0.6) is 0 Å². The number of hydrogen-bond donors (Lipinski definition) is 0. The van der Waals surface area contributed by atoms with Gasteiger partial charge in [0.1, 0.15) is 6.54 Å². The second kappa shape index (κ2) is 6.56. The number of benzene rings is 1. The molecule has 3 nitrogen and oxygen atoms in total. The highest BCUT2D eigenvalue weighted by atomic mass is 19.4. The Morgan fingerprint density at radius 2 is 1.68 bits per heavy atom. The van der Waals surface area contributed by atoms with Crippen molar-refractivity contribution in [1.82, 2.24) is 0 Å². The fourth-order valence-corrected chi connectivity index (χ4v) is 1.71. The van der Waals surface area contributed by atoms with Gasteiger partial charge in [-0.3, -0.25) is 0 Å². The number of nitrogens with zero attached hydrogens (tertiary/aromatic N) is 3. The van der Waals surface area contributed by atoms with Crippen molar-refractivity contribution in [3.63, 3.8) is 0 Å². The molecule has 0 N–H and O–H groups in total. The molecule has 0 bridgehead atoms. The van der Waals surface area contributed by atoms with E-state index in [0.717, 1.165) is 17.0 Å². The van der Waals surface area contributed by atoms with E-state index in [1.807, 2.05) is 0 Å². The highest BCUT2D eigenvalue weighted by Crippen LogP contribution is 2.34. The lowest BCUT2D eigenvalue weighted by molar-refractivity contribution is -0.138. The molecule has 1 aromatic rings. The first-order valence-corrected chi connectivity index (χ1v) is 5.88. The van der Waals surface area contributed by atoms with Crippen LogP contribution in [0.4, 0.5) is 32.0 Å². The minimum absolute atomic E-state index is 0.197. The first-order chi connectivity index (χ1) is 10.1. The summed E-state index contributed by atoms with van der Waals surface area (Å²) < 4.78 is 75.2. The molecule has 22 heavy (non-hydrogen) atoms. The summed E-state index contributed by atoms with van der Waals surface area (Å²) in [7, 11) is 0. The van der Waals surface area contributed by atoms with Gasteiger partial charge in [0.05, 0.1) is 29.7 Å². The van der Waals surface area contributed by atoms with Crippen LogP contribution in [-0.4, -0.2) is 19.3 Å². The van der Waals surface area contributed by atoms with E-state index in [-0.39, 0.29) is 5.69 Å². The maximum Gasteiger partial charge on any atom is 0.417 e. The molecule has 0 unspecified atom stereocenters. The monoisotopic (exact) mass is 321 g/mol. The predicted octanol–water partition coefficient (Wildman–Crippen LogP) is 3.86. The Labute approximate surface area is 122 Å². The summed E-state index contributed by atoms with van der Waals surface area (Å²) in [5.74, 6) is 0. The van der Waals surface area contributed by atoms with Crippen molar-refractivity contribution in [3.05, 3.63) is 29.3 Å². The minimum atomic E-state index is -4.82. The molecule has 0 radical (unpaired) electrons. The van der Waals surface area contributed by atoms with Gasteiger partial charge in [-0.2, -0.15) is 36.9 Å². The van der Waals surface area contributed by atoms with Crippen molar-refractivity contribution < 1.29 is 26.3 Å². The summed E-state index contributed by atoms with van der Waals surface area (Å²) in [5.41, 5.74) is -2.08. The number of nitriles is 2. The summed E-state index contributed by atoms with van der Waals surface area (Å²) in [5, 5.41) is 17.3. The lowest BCUT2D eigenvalue weighted by Crippen LogP contribution is -2.29. The van der Waals surface area contributed by atoms with Gasteiger partial charge in [-0.15, -0.1) is 0 Å². The highest BCUT2D eigenvalue weighted by molar-refractivity contribution is 5.55. The van der Waals surface area contributed by atoms with E-state index in [2.05, 4.69) is 0 Å². The molecular formula is C13H9F6N3. The highest BCUT2D eigenvalue weighted by Gasteiger charge is 2.34. The van der Waals surface area contributed by atoms with Crippen molar-refractivity contribution in [3.8, 4) is 12.1 Å². The van der Waals surface area contributed by atoms with Crippen LogP contribution in [0, 0.1) is 22.7 Å². The molecule has 0 aliphatic heterocycles. The molecule has 0 saturated carbocycles. The Hall–Kier alpha value is -2.42. The van der Waals surface area contributed by atoms with E-state index in [9.17, 15) is 26.3 Å². The maximum absolute atomic E-state index is 12.8. The average Bonchev–Trinajstić information content (AvgIpc) is 2.41. The van der Waals surface area contributed by atoms with Crippen molar-refractivity contribution >= 4 is 5.69 Å². The van der Waals surface area contributed by atoms with Gasteiger partial charge in [0.2, 0.25) is 0 Å². The van der Waals surface area contributed by atoms with Crippen LogP contribution in [0.2, 0.25) is 0 Å². The number of hydrogen-bond acceptors (Lipinski definition) is 3. The van der Waals surface area contributed by atoms with E-state index in [1.165, 1.54) is 6.07 Å². The zero-order valence-corrected chi connectivity index (χ0v) is 11.0. The van der Waals surface area contributed by atoms with Crippen LogP contribution in [0.1, 0.15) is 17.5 Å². The Balaban J connectivity index is 3.16. The molecular weight excluding hydrogens is 312 g/mol. The molecule has 0 aliphatic carbocycles. The zero-order valence-electron chi connectivity index (χ0n) is 11.0. The predicted molar refractivity (Wildman–Crippen MR) is 64.7 cm³/mol. The molecule has 0 fully saturated rings. The van der Waals surface area contributed by atoms with Gasteiger partial charge >= 0.3 is 12.4 Å². The molecule has 0 spiro atoms. The quantitative estimate of drug-likeness (QED) is 0.625. The van der Waals surface area contributed by atoms with E-state index < -0.39 is 43.0 Å². The fraction of sp³-hybridized carbons (Fsp3) is 0.385. The summed E-state index contributed by atoms with van der Waals surface area (Å²) in [6.07, 6.45) is -10.6. The minimum Gasteiger partial charge on any atom is -0.358 e. The van der Waals surface area contributed by atoms with Crippen molar-refractivity contribution in [1.29, 1.82) is 10.5 Å². The number of alkyl halides is 6. The van der Waals surface area contributed by atoms with Crippen molar-refractivity contribution in [2.45, 2.75) is 18.8 Å². The first kappa shape index (κ1) is 17.6.